The lowest BCUT2D eigenvalue weighted by molar-refractivity contribution is -0.174. The average molecular weight is 423 g/mol. The monoisotopic (exact) mass is 423 g/mol. The Hall–Kier alpha value is -3.39. The normalized spacial score (nSPS) is 17.2. The maximum Gasteiger partial charge on any atom is 0.434 e. The number of carbonyl (C=O) groups is 3. The van der Waals surface area contributed by atoms with Crippen LogP contribution in [-0.4, -0.2) is 66.1 Å². The number of nitrogens with zero attached hydrogens (tertiary/aromatic N) is 3. The fourth-order valence-corrected chi connectivity index (χ4v) is 3.81. The maximum absolute atomic E-state index is 12.3. The number of carbonyl (C=O) groups excluding carboxylic acids is 3. The number of amides is 3. The molecule has 0 aromatic heterocycles. The zero-order valence-corrected chi connectivity index (χ0v) is 17.5. The zero-order valence-electron chi connectivity index (χ0n) is 17.5. The summed E-state index contributed by atoms with van der Waals surface area (Å²) in [6, 6.07) is 16.3. The van der Waals surface area contributed by atoms with Crippen molar-refractivity contribution in [1.29, 1.82) is 0 Å². The van der Waals surface area contributed by atoms with Crippen molar-refractivity contribution in [3.63, 3.8) is 0 Å². The van der Waals surface area contributed by atoms with Crippen molar-refractivity contribution in [3.8, 4) is 16.9 Å². The molecule has 4 rings (SSSR count). The Morgan fingerprint density at radius 1 is 0.903 bits per heavy atom. The first-order chi connectivity index (χ1) is 15.0. The first kappa shape index (κ1) is 20.9. The van der Waals surface area contributed by atoms with E-state index < -0.39 is 17.9 Å². The second-order valence-electron chi connectivity index (χ2n) is 7.59. The molecule has 31 heavy (non-hydrogen) atoms. The minimum Gasteiger partial charge on any atom is -0.496 e. The predicted octanol–water partition coefficient (Wildman–Crippen LogP) is 2.68. The molecule has 8 heteroatoms. The third kappa shape index (κ3) is 4.69. The molecule has 2 fully saturated rings. The van der Waals surface area contributed by atoms with Crippen LogP contribution in [0.5, 0.6) is 5.75 Å². The van der Waals surface area contributed by atoms with Crippen LogP contribution < -0.4 is 4.74 Å². The number of imide groups is 1. The van der Waals surface area contributed by atoms with E-state index in [9.17, 15) is 14.4 Å². The van der Waals surface area contributed by atoms with Gasteiger partial charge in [-0.15, -0.1) is 5.06 Å². The van der Waals surface area contributed by atoms with E-state index in [2.05, 4.69) is 29.2 Å². The van der Waals surface area contributed by atoms with Gasteiger partial charge in [-0.25, -0.2) is 4.79 Å². The van der Waals surface area contributed by atoms with Gasteiger partial charge in [0.05, 0.1) is 7.11 Å². The first-order valence-electron chi connectivity index (χ1n) is 10.3. The molecule has 0 atom stereocenters. The Balaban J connectivity index is 1.34. The van der Waals surface area contributed by atoms with Crippen molar-refractivity contribution in [2.75, 3.05) is 33.3 Å². The summed E-state index contributed by atoms with van der Waals surface area (Å²) in [5, 5.41) is 0.591. The summed E-state index contributed by atoms with van der Waals surface area (Å²) < 4.78 is 5.62. The summed E-state index contributed by atoms with van der Waals surface area (Å²) in [6.45, 7) is 2.92. The Bertz CT molecular complexity index is 954. The molecule has 2 heterocycles. The third-order valence-electron chi connectivity index (χ3n) is 5.59. The summed E-state index contributed by atoms with van der Waals surface area (Å²) in [5.74, 6) is -0.111. The Morgan fingerprint density at radius 2 is 1.58 bits per heavy atom. The van der Waals surface area contributed by atoms with E-state index in [1.807, 2.05) is 24.3 Å². The highest BCUT2D eigenvalue weighted by atomic mass is 16.7. The molecule has 0 spiro atoms. The highest BCUT2D eigenvalue weighted by Gasteiger charge is 2.34. The quantitative estimate of drug-likeness (QED) is 0.688. The van der Waals surface area contributed by atoms with Gasteiger partial charge in [-0.1, -0.05) is 42.5 Å². The van der Waals surface area contributed by atoms with Crippen LogP contribution >= 0.6 is 0 Å². The molecule has 2 aromatic rings. The topological polar surface area (TPSA) is 79.4 Å². The predicted molar refractivity (Wildman–Crippen MR) is 113 cm³/mol. The molecule has 0 unspecified atom stereocenters. The Morgan fingerprint density at radius 3 is 2.23 bits per heavy atom. The highest BCUT2D eigenvalue weighted by molar-refractivity contribution is 6.01. The van der Waals surface area contributed by atoms with Crippen LogP contribution in [0.1, 0.15) is 18.4 Å². The van der Waals surface area contributed by atoms with E-state index in [0.29, 0.717) is 37.8 Å². The standard InChI is InChI=1S/C23H25N3O5/c1-30-20-15-18(17-5-3-2-4-6-17)7-8-19(20)16-24-11-13-25(14-12-24)23(29)31-26-21(27)9-10-22(26)28/h2-8,15H,9-14,16H2,1H3. The molecule has 2 aromatic carbocycles. The van der Waals surface area contributed by atoms with E-state index in [1.165, 1.54) is 4.90 Å². The molecule has 0 radical (unpaired) electrons. The minimum atomic E-state index is -0.659. The summed E-state index contributed by atoms with van der Waals surface area (Å²) in [5.41, 5.74) is 3.31. The fourth-order valence-electron chi connectivity index (χ4n) is 3.81. The van der Waals surface area contributed by atoms with Gasteiger partial charge in [0.2, 0.25) is 0 Å². The molecule has 0 N–H and O–H groups in total. The molecule has 2 saturated heterocycles. The lowest BCUT2D eigenvalue weighted by Gasteiger charge is -2.34. The number of hydroxylamine groups is 2. The van der Waals surface area contributed by atoms with Gasteiger partial charge in [0.15, 0.2) is 0 Å². The van der Waals surface area contributed by atoms with Crippen LogP contribution in [0.2, 0.25) is 0 Å². The van der Waals surface area contributed by atoms with Gasteiger partial charge in [-0.3, -0.25) is 14.5 Å². The molecular weight excluding hydrogens is 398 g/mol. The number of hydrogen-bond donors (Lipinski definition) is 0. The minimum absolute atomic E-state index is 0.0881. The largest absolute Gasteiger partial charge is 0.496 e. The molecule has 0 bridgehead atoms. The number of hydrogen-bond acceptors (Lipinski definition) is 6. The summed E-state index contributed by atoms with van der Waals surface area (Å²) in [6.07, 6.45) is -0.483. The van der Waals surface area contributed by atoms with E-state index in [-0.39, 0.29) is 12.8 Å². The van der Waals surface area contributed by atoms with Gasteiger partial charge in [0.25, 0.3) is 11.8 Å². The third-order valence-corrected chi connectivity index (χ3v) is 5.59. The van der Waals surface area contributed by atoms with Crippen molar-refractivity contribution in [1.82, 2.24) is 14.9 Å². The van der Waals surface area contributed by atoms with Crippen molar-refractivity contribution in [2.24, 2.45) is 0 Å². The summed E-state index contributed by atoms with van der Waals surface area (Å²) >= 11 is 0. The van der Waals surface area contributed by atoms with Gasteiger partial charge in [0, 0.05) is 51.1 Å². The number of ether oxygens (including phenoxy) is 1. The number of benzene rings is 2. The van der Waals surface area contributed by atoms with Crippen LogP contribution in [0.25, 0.3) is 11.1 Å². The van der Waals surface area contributed by atoms with Crippen molar-refractivity contribution < 1.29 is 24.0 Å². The summed E-state index contributed by atoms with van der Waals surface area (Å²) in [4.78, 5) is 44.3. The SMILES string of the molecule is COc1cc(-c2ccccc2)ccc1CN1CCN(C(=O)ON2C(=O)CCC2=O)CC1. The summed E-state index contributed by atoms with van der Waals surface area (Å²) in [7, 11) is 1.67. The van der Waals surface area contributed by atoms with Gasteiger partial charge in [-0.05, 0) is 17.2 Å². The smallest absolute Gasteiger partial charge is 0.434 e. The average Bonchev–Trinajstić information content (AvgIpc) is 3.12. The van der Waals surface area contributed by atoms with Gasteiger partial charge < -0.3 is 14.5 Å². The lowest BCUT2D eigenvalue weighted by atomic mass is 10.0. The van der Waals surface area contributed by atoms with E-state index in [0.717, 1.165) is 22.4 Å². The van der Waals surface area contributed by atoms with E-state index >= 15 is 0 Å². The van der Waals surface area contributed by atoms with Gasteiger partial charge >= 0.3 is 6.09 Å². The Kier molecular flexibility index (Phi) is 6.18. The first-order valence-corrected chi connectivity index (χ1v) is 10.3. The maximum atomic E-state index is 12.3. The van der Waals surface area contributed by atoms with Crippen LogP contribution in [0, 0.1) is 0 Å². The highest BCUT2D eigenvalue weighted by Crippen LogP contribution is 2.28. The van der Waals surface area contributed by atoms with Crippen molar-refractivity contribution in [2.45, 2.75) is 19.4 Å². The van der Waals surface area contributed by atoms with E-state index in [1.54, 1.807) is 7.11 Å². The zero-order chi connectivity index (χ0) is 21.8. The molecular formula is C23H25N3O5. The molecule has 3 amide bonds. The molecule has 8 nitrogen and oxygen atoms in total. The van der Waals surface area contributed by atoms with Gasteiger partial charge in [0.1, 0.15) is 5.75 Å². The molecule has 162 valence electrons. The van der Waals surface area contributed by atoms with Crippen LogP contribution in [0.3, 0.4) is 0 Å². The van der Waals surface area contributed by atoms with Crippen LogP contribution in [0.4, 0.5) is 4.79 Å². The number of rotatable bonds is 5. The molecule has 2 aliphatic heterocycles. The molecule has 2 aliphatic rings. The lowest BCUT2D eigenvalue weighted by Crippen LogP contribution is -2.50. The van der Waals surface area contributed by atoms with E-state index in [4.69, 9.17) is 9.57 Å². The van der Waals surface area contributed by atoms with Crippen molar-refractivity contribution >= 4 is 17.9 Å². The molecule has 0 aliphatic carbocycles. The number of piperazine rings is 1. The number of methoxy groups -OCH3 is 1. The second-order valence-corrected chi connectivity index (χ2v) is 7.59. The van der Waals surface area contributed by atoms with Gasteiger partial charge in [-0.2, -0.15) is 0 Å². The van der Waals surface area contributed by atoms with Crippen LogP contribution in [0.15, 0.2) is 48.5 Å². The fraction of sp³-hybridized carbons (Fsp3) is 0.348. The van der Waals surface area contributed by atoms with Crippen molar-refractivity contribution in [3.05, 3.63) is 54.1 Å². The Labute approximate surface area is 180 Å². The molecule has 0 saturated carbocycles. The van der Waals surface area contributed by atoms with Crippen LogP contribution in [-0.2, 0) is 21.0 Å². The second kappa shape index (κ2) is 9.18.